The van der Waals surface area contributed by atoms with E-state index in [-0.39, 0.29) is 23.3 Å². The maximum Gasteiger partial charge on any atom is 0.407 e. The molecule has 1 heterocycles. The normalized spacial score (nSPS) is 28.3. The van der Waals surface area contributed by atoms with E-state index in [2.05, 4.69) is 5.32 Å². The predicted molar refractivity (Wildman–Crippen MR) is 67.2 cm³/mol. The molecule has 5 nitrogen and oxygen atoms in total. The third kappa shape index (κ3) is 2.60. The standard InChI is InChI=1S/C13H22N2O3/c1-13(2,3)10-9(6-7-15(10)12(17)18)11(16)14-8-4-5-8/h8-10H,4-7H2,1-3H3,(H,14,16)(H,17,18). The Morgan fingerprint density at radius 3 is 2.28 bits per heavy atom. The summed E-state index contributed by atoms with van der Waals surface area (Å²) in [4.78, 5) is 24.9. The van der Waals surface area contributed by atoms with Gasteiger partial charge in [0, 0.05) is 12.6 Å². The largest absolute Gasteiger partial charge is 0.465 e. The van der Waals surface area contributed by atoms with Crippen LogP contribution in [-0.4, -0.2) is 40.6 Å². The second-order valence-electron chi connectivity index (χ2n) is 6.46. The van der Waals surface area contributed by atoms with Crippen molar-refractivity contribution >= 4 is 12.0 Å². The molecule has 18 heavy (non-hydrogen) atoms. The number of hydrogen-bond donors (Lipinski definition) is 2. The molecule has 2 rings (SSSR count). The van der Waals surface area contributed by atoms with E-state index in [0.29, 0.717) is 19.0 Å². The fraction of sp³-hybridized carbons (Fsp3) is 0.846. The lowest BCUT2D eigenvalue weighted by Crippen LogP contribution is -2.49. The van der Waals surface area contributed by atoms with Gasteiger partial charge in [-0.2, -0.15) is 0 Å². The molecule has 0 bridgehead atoms. The Morgan fingerprint density at radius 2 is 1.83 bits per heavy atom. The summed E-state index contributed by atoms with van der Waals surface area (Å²) in [5.41, 5.74) is -0.222. The molecule has 0 radical (unpaired) electrons. The van der Waals surface area contributed by atoms with Gasteiger partial charge in [0.25, 0.3) is 0 Å². The van der Waals surface area contributed by atoms with E-state index in [1.54, 1.807) is 0 Å². The number of amides is 2. The van der Waals surface area contributed by atoms with Crippen LogP contribution in [0.1, 0.15) is 40.0 Å². The van der Waals surface area contributed by atoms with Gasteiger partial charge in [-0.1, -0.05) is 20.8 Å². The Hall–Kier alpha value is -1.26. The maximum atomic E-state index is 12.2. The monoisotopic (exact) mass is 254 g/mol. The van der Waals surface area contributed by atoms with Crippen LogP contribution in [-0.2, 0) is 4.79 Å². The van der Waals surface area contributed by atoms with Crippen LogP contribution >= 0.6 is 0 Å². The Bertz CT molecular complexity index is 358. The van der Waals surface area contributed by atoms with Crippen molar-refractivity contribution < 1.29 is 14.7 Å². The van der Waals surface area contributed by atoms with Crippen LogP contribution in [0.25, 0.3) is 0 Å². The number of carboxylic acid groups (broad SMARTS) is 1. The molecule has 1 saturated carbocycles. The molecular weight excluding hydrogens is 232 g/mol. The molecule has 102 valence electrons. The fourth-order valence-electron chi connectivity index (χ4n) is 2.89. The van der Waals surface area contributed by atoms with Crippen molar-refractivity contribution in [2.24, 2.45) is 11.3 Å². The third-order valence-corrected chi connectivity index (χ3v) is 3.79. The van der Waals surface area contributed by atoms with Crippen molar-refractivity contribution in [3.8, 4) is 0 Å². The number of nitrogens with zero attached hydrogens (tertiary/aromatic N) is 1. The maximum absolute atomic E-state index is 12.2. The lowest BCUT2D eigenvalue weighted by atomic mass is 9.79. The van der Waals surface area contributed by atoms with Gasteiger partial charge < -0.3 is 15.3 Å². The average Bonchev–Trinajstić information content (AvgIpc) is 2.92. The van der Waals surface area contributed by atoms with E-state index in [0.717, 1.165) is 12.8 Å². The topological polar surface area (TPSA) is 69.6 Å². The zero-order valence-electron chi connectivity index (χ0n) is 11.3. The summed E-state index contributed by atoms with van der Waals surface area (Å²) in [6.07, 6.45) is 1.83. The summed E-state index contributed by atoms with van der Waals surface area (Å²) in [6, 6.07) is 0.103. The first-order valence-electron chi connectivity index (χ1n) is 6.60. The van der Waals surface area contributed by atoms with Crippen LogP contribution in [0.3, 0.4) is 0 Å². The highest BCUT2D eigenvalue weighted by atomic mass is 16.4. The molecule has 1 aliphatic carbocycles. The van der Waals surface area contributed by atoms with Gasteiger partial charge in [-0.15, -0.1) is 0 Å². The summed E-state index contributed by atoms with van der Waals surface area (Å²) in [6.45, 7) is 6.45. The highest BCUT2D eigenvalue weighted by Gasteiger charge is 2.47. The number of carbonyl (C=O) groups is 2. The van der Waals surface area contributed by atoms with Crippen LogP contribution in [0, 0.1) is 11.3 Å². The molecule has 2 amide bonds. The summed E-state index contributed by atoms with van der Waals surface area (Å²) >= 11 is 0. The number of carbonyl (C=O) groups excluding carboxylic acids is 1. The predicted octanol–water partition coefficient (Wildman–Crippen LogP) is 1.68. The summed E-state index contributed by atoms with van der Waals surface area (Å²) in [5.74, 6) is -0.178. The van der Waals surface area contributed by atoms with Gasteiger partial charge in [0.15, 0.2) is 0 Å². The lowest BCUT2D eigenvalue weighted by Gasteiger charge is -2.36. The van der Waals surface area contributed by atoms with Crippen LogP contribution < -0.4 is 5.32 Å². The van der Waals surface area contributed by atoms with Gasteiger partial charge in [-0.3, -0.25) is 4.79 Å². The second kappa shape index (κ2) is 4.44. The molecule has 0 aromatic heterocycles. The smallest absolute Gasteiger partial charge is 0.407 e. The van der Waals surface area contributed by atoms with Crippen molar-refractivity contribution in [3.63, 3.8) is 0 Å². The third-order valence-electron chi connectivity index (χ3n) is 3.79. The first kappa shape index (κ1) is 13.2. The van der Waals surface area contributed by atoms with Crippen molar-refractivity contribution in [2.45, 2.75) is 52.1 Å². The quantitative estimate of drug-likeness (QED) is 0.787. The van der Waals surface area contributed by atoms with Crippen molar-refractivity contribution in [1.82, 2.24) is 10.2 Å². The van der Waals surface area contributed by atoms with Gasteiger partial charge >= 0.3 is 6.09 Å². The van der Waals surface area contributed by atoms with E-state index in [1.807, 2.05) is 20.8 Å². The highest BCUT2D eigenvalue weighted by molar-refractivity contribution is 5.81. The van der Waals surface area contributed by atoms with Gasteiger partial charge in [0.1, 0.15) is 0 Å². The minimum atomic E-state index is -0.920. The number of nitrogens with one attached hydrogen (secondary N) is 1. The first-order valence-corrected chi connectivity index (χ1v) is 6.60. The summed E-state index contributed by atoms with van der Waals surface area (Å²) < 4.78 is 0. The molecule has 2 aliphatic rings. The molecule has 0 aromatic carbocycles. The van der Waals surface area contributed by atoms with E-state index in [9.17, 15) is 14.7 Å². The van der Waals surface area contributed by atoms with Crippen LogP contribution in [0.2, 0.25) is 0 Å². The zero-order chi connectivity index (χ0) is 13.5. The van der Waals surface area contributed by atoms with E-state index < -0.39 is 6.09 Å². The average molecular weight is 254 g/mol. The van der Waals surface area contributed by atoms with Crippen LogP contribution in [0.4, 0.5) is 4.79 Å². The molecule has 5 heteroatoms. The molecule has 0 spiro atoms. The number of likely N-dealkylation sites (tertiary alicyclic amines) is 1. The van der Waals surface area contributed by atoms with Crippen LogP contribution in [0.5, 0.6) is 0 Å². The molecule has 2 atom stereocenters. The Labute approximate surface area is 108 Å². The van der Waals surface area contributed by atoms with E-state index in [1.165, 1.54) is 4.90 Å². The highest BCUT2D eigenvalue weighted by Crippen LogP contribution is 2.37. The minimum absolute atomic E-state index is 0.0289. The lowest BCUT2D eigenvalue weighted by molar-refractivity contribution is -0.126. The first-order chi connectivity index (χ1) is 8.30. The molecule has 0 aromatic rings. The molecule has 1 aliphatic heterocycles. The SMILES string of the molecule is CC(C)(C)C1C(C(=O)NC2CC2)CCN1C(=O)O. The molecule has 2 N–H and O–H groups in total. The Morgan fingerprint density at radius 1 is 1.22 bits per heavy atom. The van der Waals surface area contributed by atoms with Gasteiger partial charge in [0.2, 0.25) is 5.91 Å². The molecule has 2 unspecified atom stereocenters. The molecule has 1 saturated heterocycles. The molecule has 2 fully saturated rings. The number of hydrogen-bond acceptors (Lipinski definition) is 2. The summed E-state index contributed by atoms with van der Waals surface area (Å²) in [5, 5.41) is 12.2. The van der Waals surface area contributed by atoms with Gasteiger partial charge in [-0.25, -0.2) is 4.79 Å². The van der Waals surface area contributed by atoms with Gasteiger partial charge in [0.05, 0.1) is 12.0 Å². The Balaban J connectivity index is 2.13. The Kier molecular flexibility index (Phi) is 3.25. The zero-order valence-corrected chi connectivity index (χ0v) is 11.3. The van der Waals surface area contributed by atoms with E-state index in [4.69, 9.17) is 0 Å². The van der Waals surface area contributed by atoms with Crippen molar-refractivity contribution in [2.75, 3.05) is 6.54 Å². The van der Waals surface area contributed by atoms with Crippen molar-refractivity contribution in [1.29, 1.82) is 0 Å². The molecular formula is C13H22N2O3. The fourth-order valence-corrected chi connectivity index (χ4v) is 2.89. The van der Waals surface area contributed by atoms with Crippen molar-refractivity contribution in [3.05, 3.63) is 0 Å². The van der Waals surface area contributed by atoms with Gasteiger partial charge in [-0.05, 0) is 24.7 Å². The van der Waals surface area contributed by atoms with E-state index >= 15 is 0 Å². The second-order valence-corrected chi connectivity index (χ2v) is 6.46. The minimum Gasteiger partial charge on any atom is -0.465 e. The summed E-state index contributed by atoms with van der Waals surface area (Å²) in [7, 11) is 0. The number of rotatable bonds is 2. The van der Waals surface area contributed by atoms with Crippen LogP contribution in [0.15, 0.2) is 0 Å².